The number of morpholine rings is 1. The number of nitrogens with one attached hydrogen (secondary N) is 1. The van der Waals surface area contributed by atoms with E-state index in [0.717, 1.165) is 12.7 Å². The van der Waals surface area contributed by atoms with Crippen LogP contribution in [0.1, 0.15) is 0 Å². The largest absolute Gasteiger partial charge is 0.385 e. The molecule has 9 heteroatoms. The Balaban J connectivity index is 2.13. The second kappa shape index (κ2) is 6.45. The quantitative estimate of drug-likeness (QED) is 0.382. The lowest BCUT2D eigenvalue weighted by atomic mass is 10.1. The highest BCUT2D eigenvalue weighted by molar-refractivity contribution is 6.31. The van der Waals surface area contributed by atoms with Crippen molar-refractivity contribution in [2.24, 2.45) is 10.7 Å². The summed E-state index contributed by atoms with van der Waals surface area (Å²) < 4.78 is 5.52. The van der Waals surface area contributed by atoms with Gasteiger partial charge in [0.25, 0.3) is 0 Å². The molecule has 1 saturated heterocycles. The zero-order chi connectivity index (χ0) is 16.4. The Morgan fingerprint density at radius 3 is 3.09 bits per heavy atom. The molecule has 1 aliphatic rings. The number of nitrogens with two attached hydrogens (primary N) is 1. The van der Waals surface area contributed by atoms with E-state index < -0.39 is 11.0 Å². The number of nitrogens with zero attached hydrogens (tertiary/aromatic N) is 3. The van der Waals surface area contributed by atoms with Crippen LogP contribution in [0.3, 0.4) is 0 Å². The SMILES string of the molecule is NC(=Nc1c([N+](=O)[O-])cnc2cc(Cl)ccc12)C1CNCCO1. The Labute approximate surface area is 136 Å². The number of aromatic nitrogens is 1. The average Bonchev–Trinajstić information content (AvgIpc) is 2.55. The summed E-state index contributed by atoms with van der Waals surface area (Å²) in [4.78, 5) is 19.1. The van der Waals surface area contributed by atoms with Crippen molar-refractivity contribution in [3.8, 4) is 0 Å². The number of pyridine rings is 1. The highest BCUT2D eigenvalue weighted by Crippen LogP contribution is 2.35. The van der Waals surface area contributed by atoms with Crippen molar-refractivity contribution in [1.29, 1.82) is 0 Å². The van der Waals surface area contributed by atoms with Crippen LogP contribution in [-0.4, -0.2) is 41.5 Å². The molecule has 0 bridgehead atoms. The van der Waals surface area contributed by atoms with Gasteiger partial charge >= 0.3 is 5.69 Å². The van der Waals surface area contributed by atoms with Gasteiger partial charge in [-0.05, 0) is 18.2 Å². The molecule has 1 unspecified atom stereocenters. The van der Waals surface area contributed by atoms with Crippen molar-refractivity contribution in [3.63, 3.8) is 0 Å². The lowest BCUT2D eigenvalue weighted by Crippen LogP contribution is -2.46. The van der Waals surface area contributed by atoms with Gasteiger partial charge < -0.3 is 15.8 Å². The number of aliphatic imine (C=N–C) groups is 1. The molecule has 1 fully saturated rings. The molecule has 0 saturated carbocycles. The maximum absolute atomic E-state index is 11.3. The fraction of sp³-hybridized carbons (Fsp3) is 0.286. The van der Waals surface area contributed by atoms with Crippen LogP contribution in [0.2, 0.25) is 5.02 Å². The predicted octanol–water partition coefficient (Wildman–Crippen LogP) is 1.77. The Bertz CT molecular complexity index is 789. The van der Waals surface area contributed by atoms with Crippen molar-refractivity contribution in [1.82, 2.24) is 10.3 Å². The second-order valence-electron chi connectivity index (χ2n) is 5.01. The highest BCUT2D eigenvalue weighted by Gasteiger charge is 2.22. The fourth-order valence-electron chi connectivity index (χ4n) is 2.35. The van der Waals surface area contributed by atoms with E-state index in [1.807, 2.05) is 0 Å². The molecule has 2 heterocycles. The maximum Gasteiger partial charge on any atom is 0.313 e. The van der Waals surface area contributed by atoms with Crippen LogP contribution in [0.25, 0.3) is 10.9 Å². The van der Waals surface area contributed by atoms with Gasteiger partial charge in [-0.2, -0.15) is 0 Å². The minimum Gasteiger partial charge on any atom is -0.385 e. The standard InChI is InChI=1S/C14H14ClN5O3/c15-8-1-2-9-10(5-8)18-6-11(20(21)22)13(9)19-14(16)12-7-17-3-4-23-12/h1-2,5-6,12,17H,3-4,7H2,(H2,16,18,19). The number of rotatable bonds is 3. The van der Waals surface area contributed by atoms with Crippen LogP contribution in [0.5, 0.6) is 0 Å². The summed E-state index contributed by atoms with van der Waals surface area (Å²) in [5.74, 6) is 0.183. The normalized spacial score (nSPS) is 19.0. The molecule has 0 aliphatic carbocycles. The maximum atomic E-state index is 11.3. The molecule has 1 aliphatic heterocycles. The number of nitro groups is 1. The Hall–Kier alpha value is -2.29. The topological polar surface area (TPSA) is 116 Å². The van der Waals surface area contributed by atoms with Crippen LogP contribution < -0.4 is 11.1 Å². The summed E-state index contributed by atoms with van der Waals surface area (Å²) in [7, 11) is 0. The molecule has 8 nitrogen and oxygen atoms in total. The van der Waals surface area contributed by atoms with Crippen molar-refractivity contribution in [2.75, 3.05) is 19.7 Å². The molecule has 3 rings (SSSR count). The zero-order valence-electron chi connectivity index (χ0n) is 12.0. The van der Waals surface area contributed by atoms with Crippen LogP contribution >= 0.6 is 11.6 Å². The van der Waals surface area contributed by atoms with Crippen molar-refractivity contribution in [2.45, 2.75) is 6.10 Å². The second-order valence-corrected chi connectivity index (χ2v) is 5.45. The van der Waals surface area contributed by atoms with E-state index in [2.05, 4.69) is 15.3 Å². The minimum absolute atomic E-state index is 0.156. The number of hydrogen-bond donors (Lipinski definition) is 2. The number of ether oxygens (including phenoxy) is 1. The minimum atomic E-state index is -0.535. The number of fused-ring (bicyclic) bond motifs is 1. The molecular weight excluding hydrogens is 322 g/mol. The van der Waals surface area contributed by atoms with Gasteiger partial charge in [0.2, 0.25) is 0 Å². The summed E-state index contributed by atoms with van der Waals surface area (Å²) >= 11 is 5.94. The van der Waals surface area contributed by atoms with E-state index in [1.54, 1.807) is 18.2 Å². The van der Waals surface area contributed by atoms with Crippen LogP contribution in [0.4, 0.5) is 11.4 Å². The Kier molecular flexibility index (Phi) is 4.37. The summed E-state index contributed by atoms with van der Waals surface area (Å²) in [5.41, 5.74) is 6.44. The van der Waals surface area contributed by atoms with Gasteiger partial charge in [-0.25, -0.2) is 9.98 Å². The number of halogens is 1. The number of amidine groups is 1. The van der Waals surface area contributed by atoms with Crippen LogP contribution in [0.15, 0.2) is 29.4 Å². The van der Waals surface area contributed by atoms with E-state index in [-0.39, 0.29) is 17.2 Å². The van der Waals surface area contributed by atoms with E-state index in [1.165, 1.54) is 0 Å². The molecule has 0 spiro atoms. The number of hydrogen-bond acceptors (Lipinski definition) is 6. The first kappa shape index (κ1) is 15.6. The Morgan fingerprint density at radius 2 is 2.39 bits per heavy atom. The van der Waals surface area contributed by atoms with Crippen molar-refractivity contribution >= 4 is 39.7 Å². The van der Waals surface area contributed by atoms with Gasteiger partial charge in [-0.1, -0.05) is 11.6 Å². The van der Waals surface area contributed by atoms with Gasteiger partial charge in [0, 0.05) is 23.5 Å². The molecule has 0 radical (unpaired) electrons. The third-order valence-corrected chi connectivity index (χ3v) is 3.71. The van der Waals surface area contributed by atoms with E-state index in [9.17, 15) is 10.1 Å². The first-order valence-electron chi connectivity index (χ1n) is 6.95. The van der Waals surface area contributed by atoms with Crippen molar-refractivity contribution in [3.05, 3.63) is 39.5 Å². The molecule has 3 N–H and O–H groups in total. The monoisotopic (exact) mass is 335 g/mol. The molecule has 2 aromatic rings. The predicted molar refractivity (Wildman–Crippen MR) is 87.3 cm³/mol. The average molecular weight is 336 g/mol. The molecule has 1 aromatic carbocycles. The van der Waals surface area contributed by atoms with Crippen LogP contribution in [-0.2, 0) is 4.74 Å². The fourth-order valence-corrected chi connectivity index (χ4v) is 2.52. The van der Waals surface area contributed by atoms with E-state index in [0.29, 0.717) is 29.1 Å². The van der Waals surface area contributed by atoms with Gasteiger partial charge in [0.15, 0.2) is 5.69 Å². The summed E-state index contributed by atoms with van der Waals surface area (Å²) in [5, 5.41) is 15.4. The van der Waals surface area contributed by atoms with Crippen molar-refractivity contribution < 1.29 is 9.66 Å². The lowest BCUT2D eigenvalue weighted by Gasteiger charge is -2.23. The van der Waals surface area contributed by atoms with Crippen LogP contribution in [0, 0.1) is 10.1 Å². The molecule has 1 atom stereocenters. The van der Waals surface area contributed by atoms with Gasteiger partial charge in [0.1, 0.15) is 18.1 Å². The third kappa shape index (κ3) is 3.24. The summed E-state index contributed by atoms with van der Waals surface area (Å²) in [6.45, 7) is 1.76. The summed E-state index contributed by atoms with van der Waals surface area (Å²) in [6, 6.07) is 4.89. The van der Waals surface area contributed by atoms with E-state index >= 15 is 0 Å². The first-order valence-corrected chi connectivity index (χ1v) is 7.33. The van der Waals surface area contributed by atoms with E-state index in [4.69, 9.17) is 22.1 Å². The van der Waals surface area contributed by atoms with Gasteiger partial charge in [-0.3, -0.25) is 10.1 Å². The molecule has 1 aromatic heterocycles. The molecule has 120 valence electrons. The number of benzene rings is 1. The first-order chi connectivity index (χ1) is 11.1. The Morgan fingerprint density at radius 1 is 1.57 bits per heavy atom. The van der Waals surface area contributed by atoms with Gasteiger partial charge in [0.05, 0.1) is 17.0 Å². The highest BCUT2D eigenvalue weighted by atomic mass is 35.5. The molecule has 23 heavy (non-hydrogen) atoms. The molecule has 0 amide bonds. The smallest absolute Gasteiger partial charge is 0.313 e. The lowest BCUT2D eigenvalue weighted by molar-refractivity contribution is -0.384. The zero-order valence-corrected chi connectivity index (χ0v) is 12.8. The van der Waals surface area contributed by atoms with Gasteiger partial charge in [-0.15, -0.1) is 0 Å². The molecular formula is C14H14ClN5O3. The summed E-state index contributed by atoms with van der Waals surface area (Å²) in [6.07, 6.45) is 0.740. The third-order valence-electron chi connectivity index (χ3n) is 3.48.